The Kier molecular flexibility index (Phi) is 9.63. The topological polar surface area (TPSA) is 70.6 Å². The van der Waals surface area contributed by atoms with Crippen LogP contribution in [0.3, 0.4) is 0 Å². The van der Waals surface area contributed by atoms with Gasteiger partial charge in [-0.15, -0.1) is 0 Å². The predicted octanol–water partition coefficient (Wildman–Crippen LogP) is 5.53. The lowest BCUT2D eigenvalue weighted by Gasteiger charge is -2.08. The van der Waals surface area contributed by atoms with Crippen LogP contribution in [0.1, 0.15) is 74.7 Å². The molecule has 0 aromatic heterocycles. The first-order valence-corrected chi connectivity index (χ1v) is 10.5. The van der Waals surface area contributed by atoms with Crippen molar-refractivity contribution in [1.82, 2.24) is 5.43 Å². The number of hydrogen-bond donors (Lipinski definition) is 2. The van der Waals surface area contributed by atoms with E-state index in [2.05, 4.69) is 29.7 Å². The smallest absolute Gasteiger partial charge is 0.271 e. The summed E-state index contributed by atoms with van der Waals surface area (Å²) < 4.78 is 0. The number of carbonyl (C=O) groups is 2. The third-order valence-electron chi connectivity index (χ3n) is 4.60. The van der Waals surface area contributed by atoms with Crippen LogP contribution in [0.2, 0.25) is 0 Å². The fourth-order valence-electron chi connectivity index (χ4n) is 2.89. The maximum absolute atomic E-state index is 12.5. The van der Waals surface area contributed by atoms with Crippen molar-refractivity contribution in [3.05, 3.63) is 65.7 Å². The Labute approximate surface area is 173 Å². The van der Waals surface area contributed by atoms with Crippen LogP contribution in [-0.4, -0.2) is 17.5 Å². The summed E-state index contributed by atoms with van der Waals surface area (Å²) in [6.45, 7) is 4.22. The molecule has 0 radical (unpaired) electrons. The molecule has 0 unspecified atom stereocenters. The van der Waals surface area contributed by atoms with E-state index in [1.807, 2.05) is 30.3 Å². The Morgan fingerprint density at radius 2 is 1.48 bits per heavy atom. The molecule has 5 heteroatoms. The predicted molar refractivity (Wildman–Crippen MR) is 119 cm³/mol. The average Bonchev–Trinajstić information content (AvgIpc) is 2.75. The fourth-order valence-corrected chi connectivity index (χ4v) is 2.89. The van der Waals surface area contributed by atoms with Crippen molar-refractivity contribution in [2.75, 3.05) is 5.32 Å². The SMILES string of the molecule is CCCCC/C(=N\NC(=O)c1ccc(NC(=O)CCCC)cc1)c1ccccc1. The van der Waals surface area contributed by atoms with E-state index in [1.54, 1.807) is 24.3 Å². The van der Waals surface area contributed by atoms with E-state index in [0.717, 1.165) is 49.8 Å². The standard InChI is InChI=1S/C24H31N3O2/c1-3-5-8-13-22(19-11-9-7-10-12-19)26-27-24(29)20-15-17-21(18-16-20)25-23(28)14-6-4-2/h7,9-12,15-18H,3-6,8,13-14H2,1-2H3,(H,25,28)(H,27,29)/b26-22+. The molecule has 2 N–H and O–H groups in total. The number of carbonyl (C=O) groups excluding carboxylic acids is 2. The molecule has 0 heterocycles. The highest BCUT2D eigenvalue weighted by Crippen LogP contribution is 2.12. The summed E-state index contributed by atoms with van der Waals surface area (Å²) in [6.07, 6.45) is 6.48. The lowest BCUT2D eigenvalue weighted by Crippen LogP contribution is -2.20. The van der Waals surface area contributed by atoms with Gasteiger partial charge in [0.05, 0.1) is 5.71 Å². The second kappa shape index (κ2) is 12.5. The molecule has 0 atom stereocenters. The summed E-state index contributed by atoms with van der Waals surface area (Å²) in [4.78, 5) is 24.3. The van der Waals surface area contributed by atoms with Gasteiger partial charge in [-0.1, -0.05) is 63.4 Å². The summed E-state index contributed by atoms with van der Waals surface area (Å²) in [5, 5.41) is 7.24. The lowest BCUT2D eigenvalue weighted by molar-refractivity contribution is -0.116. The minimum atomic E-state index is -0.266. The first kappa shape index (κ1) is 22.3. The third-order valence-corrected chi connectivity index (χ3v) is 4.60. The molecule has 2 aromatic carbocycles. The van der Waals surface area contributed by atoms with E-state index >= 15 is 0 Å². The molecule has 29 heavy (non-hydrogen) atoms. The van der Waals surface area contributed by atoms with E-state index in [1.165, 1.54) is 0 Å². The van der Waals surface area contributed by atoms with Gasteiger partial charge in [0.25, 0.3) is 5.91 Å². The van der Waals surface area contributed by atoms with Gasteiger partial charge in [-0.25, -0.2) is 5.43 Å². The molecule has 154 valence electrons. The molecule has 0 saturated heterocycles. The van der Waals surface area contributed by atoms with Crippen LogP contribution in [0.15, 0.2) is 59.7 Å². The highest BCUT2D eigenvalue weighted by Gasteiger charge is 2.08. The Morgan fingerprint density at radius 1 is 0.793 bits per heavy atom. The summed E-state index contributed by atoms with van der Waals surface area (Å²) in [6, 6.07) is 16.8. The number of nitrogens with zero attached hydrogens (tertiary/aromatic N) is 1. The summed E-state index contributed by atoms with van der Waals surface area (Å²) in [5.41, 5.74) is 5.77. The van der Waals surface area contributed by atoms with Crippen molar-refractivity contribution in [2.24, 2.45) is 5.10 Å². The molecule has 0 aliphatic rings. The number of unbranched alkanes of at least 4 members (excludes halogenated alkanes) is 3. The van der Waals surface area contributed by atoms with Crippen LogP contribution >= 0.6 is 0 Å². The fraction of sp³-hybridized carbons (Fsp3) is 0.375. The van der Waals surface area contributed by atoms with E-state index in [9.17, 15) is 9.59 Å². The van der Waals surface area contributed by atoms with Crippen molar-refractivity contribution in [2.45, 2.75) is 58.8 Å². The summed E-state index contributed by atoms with van der Waals surface area (Å²) in [7, 11) is 0. The van der Waals surface area contributed by atoms with Gasteiger partial charge in [0.1, 0.15) is 0 Å². The minimum absolute atomic E-state index is 0.00627. The van der Waals surface area contributed by atoms with Gasteiger partial charge in [0.2, 0.25) is 5.91 Å². The molecule has 5 nitrogen and oxygen atoms in total. The quantitative estimate of drug-likeness (QED) is 0.299. The molecule has 0 spiro atoms. The Bertz CT molecular complexity index is 799. The van der Waals surface area contributed by atoms with Crippen LogP contribution in [-0.2, 0) is 4.79 Å². The molecule has 0 saturated carbocycles. The number of rotatable bonds is 11. The van der Waals surface area contributed by atoms with Crippen molar-refractivity contribution >= 4 is 23.2 Å². The minimum Gasteiger partial charge on any atom is -0.326 e. The first-order chi connectivity index (χ1) is 14.1. The number of benzene rings is 2. The molecule has 2 amide bonds. The van der Waals surface area contributed by atoms with Gasteiger partial charge in [-0.2, -0.15) is 5.10 Å². The van der Waals surface area contributed by atoms with Gasteiger partial charge in [0.15, 0.2) is 0 Å². The van der Waals surface area contributed by atoms with Crippen molar-refractivity contribution in [3.63, 3.8) is 0 Å². The van der Waals surface area contributed by atoms with E-state index in [4.69, 9.17) is 0 Å². The normalized spacial score (nSPS) is 11.2. The Morgan fingerprint density at radius 3 is 2.14 bits per heavy atom. The number of nitrogens with one attached hydrogen (secondary N) is 2. The van der Waals surface area contributed by atoms with Crippen LogP contribution in [0, 0.1) is 0 Å². The van der Waals surface area contributed by atoms with Crippen LogP contribution in [0.4, 0.5) is 5.69 Å². The van der Waals surface area contributed by atoms with Gasteiger partial charge >= 0.3 is 0 Å². The molecule has 0 fully saturated rings. The monoisotopic (exact) mass is 393 g/mol. The van der Waals surface area contributed by atoms with Crippen molar-refractivity contribution < 1.29 is 9.59 Å². The lowest BCUT2D eigenvalue weighted by atomic mass is 10.0. The Hall–Kier alpha value is -2.95. The van der Waals surface area contributed by atoms with Crippen LogP contribution in [0.25, 0.3) is 0 Å². The van der Waals surface area contributed by atoms with Crippen molar-refractivity contribution in [3.8, 4) is 0 Å². The molecule has 0 bridgehead atoms. The first-order valence-electron chi connectivity index (χ1n) is 10.5. The molecular formula is C24H31N3O2. The van der Waals surface area contributed by atoms with Gasteiger partial charge in [-0.3, -0.25) is 9.59 Å². The van der Waals surface area contributed by atoms with E-state index < -0.39 is 0 Å². The highest BCUT2D eigenvalue weighted by atomic mass is 16.2. The van der Waals surface area contributed by atoms with Gasteiger partial charge in [0, 0.05) is 17.7 Å². The number of anilines is 1. The van der Waals surface area contributed by atoms with E-state index in [0.29, 0.717) is 17.7 Å². The molecule has 0 aliphatic heterocycles. The van der Waals surface area contributed by atoms with Crippen LogP contribution < -0.4 is 10.7 Å². The second-order valence-corrected chi connectivity index (χ2v) is 7.05. The van der Waals surface area contributed by atoms with Gasteiger partial charge in [-0.05, 0) is 49.1 Å². The summed E-state index contributed by atoms with van der Waals surface area (Å²) >= 11 is 0. The average molecular weight is 394 g/mol. The van der Waals surface area contributed by atoms with Gasteiger partial charge < -0.3 is 5.32 Å². The maximum atomic E-state index is 12.5. The maximum Gasteiger partial charge on any atom is 0.271 e. The summed E-state index contributed by atoms with van der Waals surface area (Å²) in [5.74, 6) is -0.272. The van der Waals surface area contributed by atoms with Crippen LogP contribution in [0.5, 0.6) is 0 Å². The zero-order valence-corrected chi connectivity index (χ0v) is 17.4. The second-order valence-electron chi connectivity index (χ2n) is 7.05. The Balaban J connectivity index is 2.00. The molecule has 2 aromatic rings. The highest BCUT2D eigenvalue weighted by molar-refractivity contribution is 6.02. The largest absolute Gasteiger partial charge is 0.326 e. The third kappa shape index (κ3) is 7.90. The van der Waals surface area contributed by atoms with E-state index in [-0.39, 0.29) is 11.8 Å². The molecular weight excluding hydrogens is 362 g/mol. The zero-order chi connectivity index (χ0) is 20.9. The molecule has 2 rings (SSSR count). The number of hydrazone groups is 1. The number of amides is 2. The molecule has 0 aliphatic carbocycles. The number of hydrogen-bond acceptors (Lipinski definition) is 3. The van der Waals surface area contributed by atoms with Crippen molar-refractivity contribution in [1.29, 1.82) is 0 Å². The zero-order valence-electron chi connectivity index (χ0n) is 17.4.